The molecule has 1 aromatic carbocycles. The Labute approximate surface area is 155 Å². The normalized spacial score (nSPS) is 19.8. The maximum Gasteiger partial charge on any atom is 0.425 e. The molecule has 8 heteroatoms. The van der Waals surface area contributed by atoms with Crippen molar-refractivity contribution in [2.24, 2.45) is 0 Å². The molecule has 26 heavy (non-hydrogen) atoms. The number of carbonyl (C=O) groups excluding carboxylic acids is 1. The molecule has 1 aromatic rings. The number of piperazine rings is 1. The number of ether oxygens (including phenoxy) is 1. The van der Waals surface area contributed by atoms with Crippen molar-refractivity contribution in [3.8, 4) is 0 Å². The Bertz CT molecular complexity index is 684. The molecule has 0 aromatic heterocycles. The minimum atomic E-state index is -3.88. The van der Waals surface area contributed by atoms with E-state index in [-0.39, 0.29) is 12.6 Å². The zero-order chi connectivity index (χ0) is 18.4. The number of hydrogen-bond acceptors (Lipinski definition) is 5. The number of carbonyl (C=O) groups is 1. The van der Waals surface area contributed by atoms with Gasteiger partial charge in [-0.2, -0.15) is 17.0 Å². The summed E-state index contributed by atoms with van der Waals surface area (Å²) in [6.45, 7) is 2.00. The van der Waals surface area contributed by atoms with E-state index in [0.29, 0.717) is 39.0 Å². The van der Waals surface area contributed by atoms with E-state index in [1.54, 1.807) is 0 Å². The summed E-state index contributed by atoms with van der Waals surface area (Å²) in [6, 6.07) is 8.99. The predicted molar refractivity (Wildman–Crippen MR) is 98.7 cm³/mol. The molecule has 1 amide bonds. The van der Waals surface area contributed by atoms with Crippen LogP contribution in [-0.4, -0.2) is 55.3 Å². The van der Waals surface area contributed by atoms with Crippen molar-refractivity contribution < 1.29 is 17.9 Å². The minimum absolute atomic E-state index is 0.0694. The number of nitrogens with one attached hydrogen (secondary N) is 1. The van der Waals surface area contributed by atoms with Crippen molar-refractivity contribution in [3.63, 3.8) is 0 Å². The lowest BCUT2D eigenvalue weighted by Gasteiger charge is -2.37. The molecule has 144 valence electrons. The highest BCUT2D eigenvalue weighted by atomic mass is 32.2. The lowest BCUT2D eigenvalue weighted by molar-refractivity contribution is 0.101. The molecule has 0 bridgehead atoms. The fraction of sp³-hybridized carbons (Fsp3) is 0.611. The Morgan fingerprint density at radius 3 is 2.42 bits per heavy atom. The number of nitrogens with zero attached hydrogens (tertiary/aromatic N) is 2. The Kier molecular flexibility index (Phi) is 6.50. The maximum atomic E-state index is 13.2. The van der Waals surface area contributed by atoms with E-state index >= 15 is 0 Å². The fourth-order valence-electron chi connectivity index (χ4n) is 3.53. The molecule has 1 aliphatic heterocycles. The van der Waals surface area contributed by atoms with Crippen molar-refractivity contribution in [3.05, 3.63) is 35.9 Å². The minimum Gasteiger partial charge on any atom is -0.444 e. The smallest absolute Gasteiger partial charge is 0.425 e. The molecule has 2 aliphatic rings. The van der Waals surface area contributed by atoms with Gasteiger partial charge < -0.3 is 10.1 Å². The van der Waals surface area contributed by atoms with E-state index in [4.69, 9.17) is 4.74 Å². The van der Waals surface area contributed by atoms with E-state index < -0.39 is 16.3 Å². The summed E-state index contributed by atoms with van der Waals surface area (Å²) in [5.41, 5.74) is 0.837. The largest absolute Gasteiger partial charge is 0.444 e. The second-order valence-corrected chi connectivity index (χ2v) is 8.59. The summed E-state index contributed by atoms with van der Waals surface area (Å²) < 4.78 is 34.1. The number of benzene rings is 1. The summed E-state index contributed by atoms with van der Waals surface area (Å²) >= 11 is 0. The van der Waals surface area contributed by atoms with Gasteiger partial charge in [0.1, 0.15) is 6.61 Å². The van der Waals surface area contributed by atoms with Crippen molar-refractivity contribution in [2.45, 2.75) is 44.8 Å². The van der Waals surface area contributed by atoms with Crippen LogP contribution in [0.4, 0.5) is 4.79 Å². The van der Waals surface area contributed by atoms with Crippen LogP contribution in [0.2, 0.25) is 0 Å². The topological polar surface area (TPSA) is 79.0 Å². The first-order chi connectivity index (χ1) is 12.6. The summed E-state index contributed by atoms with van der Waals surface area (Å²) in [6.07, 6.45) is 3.59. The fourth-order valence-corrected chi connectivity index (χ4v) is 5.25. The van der Waals surface area contributed by atoms with Gasteiger partial charge >= 0.3 is 16.3 Å². The first-order valence-corrected chi connectivity index (χ1v) is 10.7. The summed E-state index contributed by atoms with van der Waals surface area (Å²) in [4.78, 5) is 12.8. The molecule has 0 unspecified atom stereocenters. The molecule has 3 rings (SSSR count). The molecule has 1 N–H and O–H groups in total. The quantitative estimate of drug-likeness (QED) is 0.845. The Morgan fingerprint density at radius 1 is 1.12 bits per heavy atom. The first-order valence-electron chi connectivity index (χ1n) is 9.30. The molecule has 0 radical (unpaired) electrons. The number of hydrogen-bond donors (Lipinski definition) is 1. The molecule has 1 saturated carbocycles. The molecule has 2 fully saturated rings. The van der Waals surface area contributed by atoms with Crippen LogP contribution in [0.3, 0.4) is 0 Å². The molecule has 1 aliphatic carbocycles. The predicted octanol–water partition coefficient (Wildman–Crippen LogP) is 2.11. The van der Waals surface area contributed by atoms with E-state index in [1.807, 2.05) is 30.3 Å². The number of amides is 1. The first kappa shape index (κ1) is 19.1. The lowest BCUT2D eigenvalue weighted by atomic mass is 9.96. The Morgan fingerprint density at radius 2 is 1.77 bits per heavy atom. The standard InChI is InChI=1S/C18H27N3O4S/c22-18(25-15-16-7-3-1-4-8-16)21(17-9-5-2-6-10-17)26(23,24)20-13-11-19-12-14-20/h1,3-4,7-8,17,19H,2,5-6,9-15H2. The van der Waals surface area contributed by atoms with E-state index in [0.717, 1.165) is 29.1 Å². The van der Waals surface area contributed by atoms with Crippen LogP contribution in [-0.2, 0) is 21.6 Å². The van der Waals surface area contributed by atoms with Gasteiger partial charge in [0.05, 0.1) is 6.04 Å². The monoisotopic (exact) mass is 381 g/mol. The highest BCUT2D eigenvalue weighted by molar-refractivity contribution is 7.87. The third-order valence-corrected chi connectivity index (χ3v) is 6.90. The van der Waals surface area contributed by atoms with Crippen LogP contribution in [0.15, 0.2) is 30.3 Å². The zero-order valence-corrected chi connectivity index (χ0v) is 15.8. The molecular formula is C18H27N3O4S. The summed E-state index contributed by atoms with van der Waals surface area (Å²) in [7, 11) is -3.88. The second kappa shape index (κ2) is 8.83. The average molecular weight is 381 g/mol. The second-order valence-electron chi connectivity index (χ2n) is 6.78. The Balaban J connectivity index is 1.76. The van der Waals surface area contributed by atoms with Gasteiger partial charge in [0.25, 0.3) is 0 Å². The number of rotatable bonds is 5. The lowest BCUT2D eigenvalue weighted by Crippen LogP contribution is -2.56. The molecule has 1 saturated heterocycles. The molecule has 0 spiro atoms. The average Bonchev–Trinajstić information content (AvgIpc) is 2.69. The van der Waals surface area contributed by atoms with Gasteiger partial charge in [-0.3, -0.25) is 0 Å². The third-order valence-electron chi connectivity index (χ3n) is 4.94. The van der Waals surface area contributed by atoms with Gasteiger partial charge in [-0.25, -0.2) is 4.79 Å². The van der Waals surface area contributed by atoms with Crippen LogP contribution >= 0.6 is 0 Å². The van der Waals surface area contributed by atoms with Gasteiger partial charge in [0.2, 0.25) is 0 Å². The highest BCUT2D eigenvalue weighted by Gasteiger charge is 2.40. The summed E-state index contributed by atoms with van der Waals surface area (Å²) in [5, 5.41) is 3.14. The SMILES string of the molecule is O=C(OCc1ccccc1)N(C1CCCCC1)S(=O)(=O)N1CCNCC1. The van der Waals surface area contributed by atoms with Crippen molar-refractivity contribution in [2.75, 3.05) is 26.2 Å². The van der Waals surface area contributed by atoms with Gasteiger partial charge in [-0.1, -0.05) is 49.6 Å². The van der Waals surface area contributed by atoms with Crippen LogP contribution in [0.1, 0.15) is 37.7 Å². The van der Waals surface area contributed by atoms with E-state index in [2.05, 4.69) is 5.32 Å². The van der Waals surface area contributed by atoms with Crippen molar-refractivity contribution >= 4 is 16.3 Å². The van der Waals surface area contributed by atoms with Gasteiger partial charge in [-0.15, -0.1) is 0 Å². The van der Waals surface area contributed by atoms with Crippen LogP contribution in [0.5, 0.6) is 0 Å². The van der Waals surface area contributed by atoms with Gasteiger partial charge in [0.15, 0.2) is 0 Å². The highest BCUT2D eigenvalue weighted by Crippen LogP contribution is 2.27. The van der Waals surface area contributed by atoms with Crippen molar-refractivity contribution in [1.82, 2.24) is 13.9 Å². The molecule has 1 heterocycles. The van der Waals surface area contributed by atoms with E-state index in [9.17, 15) is 13.2 Å². The molecular weight excluding hydrogens is 354 g/mol. The van der Waals surface area contributed by atoms with Crippen molar-refractivity contribution in [1.29, 1.82) is 0 Å². The van der Waals surface area contributed by atoms with E-state index in [1.165, 1.54) is 4.31 Å². The van der Waals surface area contributed by atoms with Gasteiger partial charge in [-0.05, 0) is 18.4 Å². The van der Waals surface area contributed by atoms with Gasteiger partial charge in [0, 0.05) is 26.2 Å². The van der Waals surface area contributed by atoms with Crippen LogP contribution < -0.4 is 5.32 Å². The van der Waals surface area contributed by atoms with Crippen LogP contribution in [0.25, 0.3) is 0 Å². The Hall–Kier alpha value is -1.64. The zero-order valence-electron chi connectivity index (χ0n) is 15.0. The molecule has 0 atom stereocenters. The molecule has 7 nitrogen and oxygen atoms in total. The van der Waals surface area contributed by atoms with Crippen LogP contribution in [0, 0.1) is 0 Å². The summed E-state index contributed by atoms with van der Waals surface area (Å²) in [5.74, 6) is 0. The third kappa shape index (κ3) is 4.55. The maximum absolute atomic E-state index is 13.2.